The smallest absolute Gasteiger partial charge is 0.326 e. The molecular formula is C14H16FN3O4. The quantitative estimate of drug-likeness (QED) is 0.754. The van der Waals surface area contributed by atoms with Crippen LogP contribution in [0.2, 0.25) is 0 Å². The van der Waals surface area contributed by atoms with Crippen LogP contribution < -0.4 is 15.5 Å². The first kappa shape index (κ1) is 15.7. The Morgan fingerprint density at radius 3 is 2.77 bits per heavy atom. The minimum absolute atomic E-state index is 0.177. The minimum atomic E-state index is -1.19. The van der Waals surface area contributed by atoms with Gasteiger partial charge in [0.2, 0.25) is 0 Å². The molecule has 1 unspecified atom stereocenters. The number of nitrogens with zero attached hydrogens (tertiary/aromatic N) is 1. The van der Waals surface area contributed by atoms with Crippen molar-refractivity contribution in [2.45, 2.75) is 19.4 Å². The van der Waals surface area contributed by atoms with Gasteiger partial charge >= 0.3 is 12.0 Å². The highest BCUT2D eigenvalue weighted by atomic mass is 19.1. The number of carbonyl (C=O) groups is 3. The highest BCUT2D eigenvalue weighted by Gasteiger charge is 2.25. The van der Waals surface area contributed by atoms with Gasteiger partial charge in [0.1, 0.15) is 11.9 Å². The zero-order chi connectivity index (χ0) is 16.3. The van der Waals surface area contributed by atoms with Crippen LogP contribution in [0.1, 0.15) is 23.7 Å². The van der Waals surface area contributed by atoms with Crippen LogP contribution in [0.15, 0.2) is 18.2 Å². The molecule has 0 radical (unpaired) electrons. The zero-order valence-corrected chi connectivity index (χ0v) is 11.9. The van der Waals surface area contributed by atoms with E-state index in [-0.39, 0.29) is 18.0 Å². The van der Waals surface area contributed by atoms with Crippen molar-refractivity contribution in [2.75, 3.05) is 18.0 Å². The number of anilines is 1. The largest absolute Gasteiger partial charge is 0.480 e. The Morgan fingerprint density at radius 2 is 2.23 bits per heavy atom. The number of hydrogen-bond donors (Lipinski definition) is 3. The van der Waals surface area contributed by atoms with E-state index >= 15 is 0 Å². The lowest BCUT2D eigenvalue weighted by molar-refractivity contribution is -0.139. The standard InChI is InChI=1S/C14H16FN3O4/c1-2-11(13(20)21)17-12(19)9-7-8(3-4-10(9)15)18-6-5-16-14(18)22/h3-4,7,11H,2,5-6H2,1H3,(H,16,22)(H,17,19)(H,20,21). The zero-order valence-electron chi connectivity index (χ0n) is 11.9. The number of nitrogens with one attached hydrogen (secondary N) is 2. The summed E-state index contributed by atoms with van der Waals surface area (Å²) in [4.78, 5) is 36.0. The summed E-state index contributed by atoms with van der Waals surface area (Å²) in [6.07, 6.45) is 0.177. The van der Waals surface area contributed by atoms with Crippen molar-refractivity contribution in [1.29, 1.82) is 0 Å². The number of carbonyl (C=O) groups excluding carboxylic acids is 2. The molecule has 0 aliphatic carbocycles. The van der Waals surface area contributed by atoms with E-state index in [4.69, 9.17) is 5.11 Å². The van der Waals surface area contributed by atoms with Crippen LogP contribution in [0.25, 0.3) is 0 Å². The summed E-state index contributed by atoms with van der Waals surface area (Å²) in [5.74, 6) is -2.79. The summed E-state index contributed by atoms with van der Waals surface area (Å²) in [7, 11) is 0. The molecule has 8 heteroatoms. The van der Waals surface area contributed by atoms with Crippen LogP contribution in [-0.2, 0) is 4.79 Å². The van der Waals surface area contributed by atoms with Gasteiger partial charge in [-0.3, -0.25) is 9.69 Å². The number of hydrogen-bond acceptors (Lipinski definition) is 3. The molecule has 22 heavy (non-hydrogen) atoms. The number of carboxylic acid groups (broad SMARTS) is 1. The van der Waals surface area contributed by atoms with E-state index in [0.29, 0.717) is 18.8 Å². The number of rotatable bonds is 5. The fourth-order valence-corrected chi connectivity index (χ4v) is 2.15. The molecule has 1 saturated heterocycles. The predicted octanol–water partition coefficient (Wildman–Crippen LogP) is 0.948. The third-order valence-electron chi connectivity index (χ3n) is 3.37. The molecule has 7 nitrogen and oxygen atoms in total. The van der Waals surface area contributed by atoms with E-state index in [1.807, 2.05) is 0 Å². The molecule has 3 amide bonds. The molecule has 118 valence electrons. The van der Waals surface area contributed by atoms with Crippen LogP contribution in [0.4, 0.5) is 14.9 Å². The Balaban J connectivity index is 2.24. The van der Waals surface area contributed by atoms with Gasteiger partial charge < -0.3 is 15.7 Å². The van der Waals surface area contributed by atoms with Crippen molar-refractivity contribution in [3.8, 4) is 0 Å². The van der Waals surface area contributed by atoms with E-state index in [1.54, 1.807) is 6.92 Å². The molecule has 1 atom stereocenters. The first-order chi connectivity index (χ1) is 10.4. The number of benzene rings is 1. The van der Waals surface area contributed by atoms with Gasteiger partial charge in [-0.25, -0.2) is 14.0 Å². The summed E-state index contributed by atoms with van der Waals surface area (Å²) in [5.41, 5.74) is 0.0850. The Morgan fingerprint density at radius 1 is 1.50 bits per heavy atom. The molecule has 1 aromatic carbocycles. The normalized spacial score (nSPS) is 15.4. The van der Waals surface area contributed by atoms with E-state index in [9.17, 15) is 18.8 Å². The van der Waals surface area contributed by atoms with Gasteiger partial charge in [0.25, 0.3) is 5.91 Å². The van der Waals surface area contributed by atoms with E-state index in [2.05, 4.69) is 10.6 Å². The molecule has 1 heterocycles. The van der Waals surface area contributed by atoms with Crippen molar-refractivity contribution in [3.63, 3.8) is 0 Å². The number of amides is 3. The van der Waals surface area contributed by atoms with Gasteiger partial charge in [-0.15, -0.1) is 0 Å². The molecule has 0 saturated carbocycles. The van der Waals surface area contributed by atoms with Crippen molar-refractivity contribution < 1.29 is 23.9 Å². The summed E-state index contributed by atoms with van der Waals surface area (Å²) >= 11 is 0. The lowest BCUT2D eigenvalue weighted by Crippen LogP contribution is -2.40. The second-order valence-electron chi connectivity index (χ2n) is 4.82. The number of carboxylic acids is 1. The van der Waals surface area contributed by atoms with Gasteiger partial charge in [0.15, 0.2) is 0 Å². The third-order valence-corrected chi connectivity index (χ3v) is 3.37. The highest BCUT2D eigenvalue weighted by molar-refractivity contribution is 5.99. The summed E-state index contributed by atoms with van der Waals surface area (Å²) < 4.78 is 13.8. The van der Waals surface area contributed by atoms with Crippen molar-refractivity contribution >= 4 is 23.6 Å². The van der Waals surface area contributed by atoms with E-state index in [0.717, 1.165) is 6.07 Å². The fraction of sp³-hybridized carbons (Fsp3) is 0.357. The SMILES string of the molecule is CCC(NC(=O)c1cc(N2CCNC2=O)ccc1F)C(=O)O. The monoisotopic (exact) mass is 309 g/mol. The van der Waals surface area contributed by atoms with Crippen LogP contribution in [0.3, 0.4) is 0 Å². The van der Waals surface area contributed by atoms with Crippen LogP contribution >= 0.6 is 0 Å². The van der Waals surface area contributed by atoms with Gasteiger partial charge in [0, 0.05) is 18.8 Å². The molecule has 1 aliphatic rings. The van der Waals surface area contributed by atoms with Gasteiger partial charge in [-0.05, 0) is 24.6 Å². The molecular weight excluding hydrogens is 293 g/mol. The second kappa shape index (κ2) is 6.42. The van der Waals surface area contributed by atoms with Crippen LogP contribution in [-0.4, -0.2) is 42.1 Å². The van der Waals surface area contributed by atoms with Crippen LogP contribution in [0, 0.1) is 5.82 Å². The van der Waals surface area contributed by atoms with Gasteiger partial charge in [-0.1, -0.05) is 6.92 Å². The summed E-state index contributed by atoms with van der Waals surface area (Å²) in [6, 6.07) is 2.30. The van der Waals surface area contributed by atoms with Crippen molar-refractivity contribution in [1.82, 2.24) is 10.6 Å². The Labute approximate surface area is 126 Å². The predicted molar refractivity (Wildman–Crippen MR) is 76.3 cm³/mol. The molecule has 1 fully saturated rings. The highest BCUT2D eigenvalue weighted by Crippen LogP contribution is 2.20. The fourth-order valence-electron chi connectivity index (χ4n) is 2.15. The molecule has 0 bridgehead atoms. The van der Waals surface area contributed by atoms with Crippen molar-refractivity contribution in [2.24, 2.45) is 0 Å². The third kappa shape index (κ3) is 3.16. The van der Waals surface area contributed by atoms with E-state index in [1.165, 1.54) is 17.0 Å². The van der Waals surface area contributed by atoms with E-state index < -0.39 is 23.7 Å². The summed E-state index contributed by atoms with van der Waals surface area (Å²) in [5, 5.41) is 13.8. The first-order valence-electron chi connectivity index (χ1n) is 6.82. The number of urea groups is 1. The van der Waals surface area contributed by atoms with Gasteiger partial charge in [-0.2, -0.15) is 0 Å². The maximum absolute atomic E-state index is 13.8. The summed E-state index contributed by atoms with van der Waals surface area (Å²) in [6.45, 7) is 2.48. The Bertz CT molecular complexity index is 620. The lowest BCUT2D eigenvalue weighted by atomic mass is 10.1. The molecule has 0 spiro atoms. The Kier molecular flexibility index (Phi) is 4.59. The molecule has 1 aliphatic heterocycles. The van der Waals surface area contributed by atoms with Crippen molar-refractivity contribution in [3.05, 3.63) is 29.6 Å². The topological polar surface area (TPSA) is 98.7 Å². The molecule has 0 aromatic heterocycles. The lowest BCUT2D eigenvalue weighted by Gasteiger charge is -2.17. The second-order valence-corrected chi connectivity index (χ2v) is 4.82. The molecule has 2 rings (SSSR count). The average Bonchev–Trinajstić information content (AvgIpc) is 2.90. The maximum atomic E-state index is 13.8. The van der Waals surface area contributed by atoms with Crippen LogP contribution in [0.5, 0.6) is 0 Å². The first-order valence-corrected chi connectivity index (χ1v) is 6.82. The van der Waals surface area contributed by atoms with Gasteiger partial charge in [0.05, 0.1) is 5.56 Å². The minimum Gasteiger partial charge on any atom is -0.480 e. The Hall–Kier alpha value is -2.64. The number of halogens is 1. The maximum Gasteiger partial charge on any atom is 0.326 e. The molecule has 1 aromatic rings. The number of aliphatic carboxylic acids is 1. The molecule has 3 N–H and O–H groups in total. The average molecular weight is 309 g/mol.